The van der Waals surface area contributed by atoms with Crippen LogP contribution in [0.15, 0.2) is 30.6 Å². The highest BCUT2D eigenvalue weighted by Crippen LogP contribution is 2.16. The molecule has 0 spiro atoms. The van der Waals surface area contributed by atoms with Crippen LogP contribution >= 0.6 is 0 Å². The number of aromatic amines is 1. The van der Waals surface area contributed by atoms with Crippen molar-refractivity contribution in [2.45, 2.75) is 13.5 Å². The number of benzene rings is 1. The van der Waals surface area contributed by atoms with Gasteiger partial charge in [-0.05, 0) is 19.1 Å². The molecule has 2 N–H and O–H groups in total. The molecule has 1 aromatic carbocycles. The van der Waals surface area contributed by atoms with Crippen LogP contribution in [0.5, 0.6) is 0 Å². The van der Waals surface area contributed by atoms with Crippen molar-refractivity contribution in [2.75, 3.05) is 5.32 Å². The van der Waals surface area contributed by atoms with E-state index in [1.54, 1.807) is 18.5 Å². The summed E-state index contributed by atoms with van der Waals surface area (Å²) in [6, 6.07) is 6.31. The Morgan fingerprint density at radius 2 is 2.12 bits per heavy atom. The van der Waals surface area contributed by atoms with Crippen LogP contribution in [0, 0.1) is 17.0 Å². The van der Waals surface area contributed by atoms with Gasteiger partial charge in [0, 0.05) is 23.5 Å². The molecule has 2 rings (SSSR count). The number of nitrogens with one attached hydrogen (secondary N) is 2. The Morgan fingerprint density at radius 1 is 1.41 bits per heavy atom. The second-order valence-corrected chi connectivity index (χ2v) is 3.63. The molecule has 0 aliphatic rings. The summed E-state index contributed by atoms with van der Waals surface area (Å²) in [4.78, 5) is 17.2. The molecule has 0 unspecified atom stereocenters. The normalized spacial score (nSPS) is 10.2. The molecule has 0 atom stereocenters. The number of nitrogens with zero attached hydrogens (tertiary/aromatic N) is 2. The maximum absolute atomic E-state index is 10.5. The summed E-state index contributed by atoms with van der Waals surface area (Å²) in [6.07, 6.45) is 1.64. The predicted molar refractivity (Wildman–Crippen MR) is 63.7 cm³/mol. The van der Waals surface area contributed by atoms with Crippen molar-refractivity contribution >= 4 is 11.4 Å². The van der Waals surface area contributed by atoms with Gasteiger partial charge in [0.15, 0.2) is 0 Å². The summed E-state index contributed by atoms with van der Waals surface area (Å²) in [5.74, 6) is 0. The molecule has 0 bridgehead atoms. The van der Waals surface area contributed by atoms with E-state index in [9.17, 15) is 10.1 Å². The van der Waals surface area contributed by atoms with Gasteiger partial charge in [-0.2, -0.15) is 0 Å². The quantitative estimate of drug-likeness (QED) is 0.625. The molecule has 0 aliphatic carbocycles. The predicted octanol–water partition coefficient (Wildman–Crippen LogP) is 2.24. The van der Waals surface area contributed by atoms with Crippen LogP contribution in [0.25, 0.3) is 0 Å². The number of aromatic nitrogens is 2. The summed E-state index contributed by atoms with van der Waals surface area (Å²) >= 11 is 0. The lowest BCUT2D eigenvalue weighted by molar-refractivity contribution is -0.384. The standard InChI is InChI=1S/C11H12N4O2/c1-8-11(14-7-13-8)6-12-9-2-4-10(5-3-9)15(16)17/h2-5,7,12H,6H2,1H3,(H,13,14). The van der Waals surface area contributed by atoms with Gasteiger partial charge in [0.2, 0.25) is 0 Å². The van der Waals surface area contributed by atoms with E-state index in [1.807, 2.05) is 6.92 Å². The Bertz CT molecular complexity index is 519. The van der Waals surface area contributed by atoms with Crippen LogP contribution in [-0.4, -0.2) is 14.9 Å². The van der Waals surface area contributed by atoms with E-state index in [0.717, 1.165) is 17.1 Å². The van der Waals surface area contributed by atoms with Crippen molar-refractivity contribution in [2.24, 2.45) is 0 Å². The Hall–Kier alpha value is -2.37. The second kappa shape index (κ2) is 4.65. The van der Waals surface area contributed by atoms with Gasteiger partial charge < -0.3 is 10.3 Å². The topological polar surface area (TPSA) is 83.8 Å². The number of rotatable bonds is 4. The zero-order valence-corrected chi connectivity index (χ0v) is 9.30. The number of nitro groups is 1. The van der Waals surface area contributed by atoms with Crippen LogP contribution in [0.3, 0.4) is 0 Å². The van der Waals surface area contributed by atoms with Crippen molar-refractivity contribution < 1.29 is 4.92 Å². The van der Waals surface area contributed by atoms with E-state index in [0.29, 0.717) is 6.54 Å². The number of hydrogen-bond donors (Lipinski definition) is 2. The molecule has 0 radical (unpaired) electrons. The summed E-state index contributed by atoms with van der Waals surface area (Å²) in [5, 5.41) is 13.6. The first-order valence-electron chi connectivity index (χ1n) is 5.14. The number of aryl methyl sites for hydroxylation is 1. The van der Waals surface area contributed by atoms with Crippen LogP contribution in [-0.2, 0) is 6.54 Å². The van der Waals surface area contributed by atoms with E-state index in [2.05, 4.69) is 15.3 Å². The van der Waals surface area contributed by atoms with Gasteiger partial charge in [-0.15, -0.1) is 0 Å². The number of hydrogen-bond acceptors (Lipinski definition) is 4. The van der Waals surface area contributed by atoms with Crippen LogP contribution < -0.4 is 5.32 Å². The Morgan fingerprint density at radius 3 is 2.65 bits per heavy atom. The number of H-pyrrole nitrogens is 1. The average molecular weight is 232 g/mol. The van der Waals surface area contributed by atoms with Gasteiger partial charge in [-0.25, -0.2) is 4.98 Å². The fourth-order valence-corrected chi connectivity index (χ4v) is 1.45. The van der Waals surface area contributed by atoms with Crippen molar-refractivity contribution in [1.82, 2.24) is 9.97 Å². The van der Waals surface area contributed by atoms with E-state index in [4.69, 9.17) is 0 Å². The molecule has 0 saturated carbocycles. The maximum atomic E-state index is 10.5. The third-order valence-corrected chi connectivity index (χ3v) is 2.47. The number of nitro benzene ring substituents is 1. The first-order valence-corrected chi connectivity index (χ1v) is 5.14. The second-order valence-electron chi connectivity index (χ2n) is 3.63. The van der Waals surface area contributed by atoms with E-state index in [-0.39, 0.29) is 5.69 Å². The third-order valence-electron chi connectivity index (χ3n) is 2.47. The van der Waals surface area contributed by atoms with Crippen LogP contribution in [0.4, 0.5) is 11.4 Å². The monoisotopic (exact) mass is 232 g/mol. The molecular formula is C11H12N4O2. The minimum Gasteiger partial charge on any atom is -0.379 e. The molecule has 2 aromatic rings. The van der Waals surface area contributed by atoms with Gasteiger partial charge in [0.1, 0.15) is 0 Å². The molecule has 6 nitrogen and oxygen atoms in total. The fraction of sp³-hybridized carbons (Fsp3) is 0.182. The van der Waals surface area contributed by atoms with Gasteiger partial charge in [0.25, 0.3) is 5.69 Å². The lowest BCUT2D eigenvalue weighted by atomic mass is 10.2. The number of anilines is 1. The number of imidazole rings is 1. The smallest absolute Gasteiger partial charge is 0.269 e. The average Bonchev–Trinajstić information content (AvgIpc) is 2.73. The zero-order valence-electron chi connectivity index (χ0n) is 9.30. The Labute approximate surface area is 97.9 Å². The molecule has 1 heterocycles. The van der Waals surface area contributed by atoms with E-state index >= 15 is 0 Å². The lowest BCUT2D eigenvalue weighted by Gasteiger charge is -2.04. The maximum Gasteiger partial charge on any atom is 0.269 e. The summed E-state index contributed by atoms with van der Waals surface area (Å²) < 4.78 is 0. The van der Waals surface area contributed by atoms with Crippen molar-refractivity contribution in [3.05, 3.63) is 52.1 Å². The fourth-order valence-electron chi connectivity index (χ4n) is 1.45. The molecule has 17 heavy (non-hydrogen) atoms. The van der Waals surface area contributed by atoms with Gasteiger partial charge in [-0.3, -0.25) is 10.1 Å². The van der Waals surface area contributed by atoms with Gasteiger partial charge in [-0.1, -0.05) is 0 Å². The lowest BCUT2D eigenvalue weighted by Crippen LogP contribution is -2.01. The van der Waals surface area contributed by atoms with E-state index in [1.165, 1.54) is 12.1 Å². The molecule has 0 saturated heterocycles. The van der Waals surface area contributed by atoms with Crippen molar-refractivity contribution in [3.63, 3.8) is 0 Å². The van der Waals surface area contributed by atoms with Crippen LogP contribution in [0.1, 0.15) is 11.4 Å². The van der Waals surface area contributed by atoms with Crippen molar-refractivity contribution in [1.29, 1.82) is 0 Å². The molecular weight excluding hydrogens is 220 g/mol. The molecule has 1 aromatic heterocycles. The van der Waals surface area contributed by atoms with Gasteiger partial charge in [0.05, 0.1) is 23.5 Å². The first kappa shape index (κ1) is 11.1. The molecule has 88 valence electrons. The number of non-ortho nitro benzene ring substituents is 1. The minimum absolute atomic E-state index is 0.0894. The summed E-state index contributed by atoms with van der Waals surface area (Å²) in [6.45, 7) is 2.53. The van der Waals surface area contributed by atoms with Crippen molar-refractivity contribution in [3.8, 4) is 0 Å². The molecule has 0 fully saturated rings. The minimum atomic E-state index is -0.415. The molecule has 0 amide bonds. The summed E-state index contributed by atoms with van der Waals surface area (Å²) in [5.41, 5.74) is 2.87. The third kappa shape index (κ3) is 2.60. The molecule has 0 aliphatic heterocycles. The largest absolute Gasteiger partial charge is 0.379 e. The first-order chi connectivity index (χ1) is 8.16. The zero-order chi connectivity index (χ0) is 12.3. The highest BCUT2D eigenvalue weighted by Gasteiger charge is 2.04. The van der Waals surface area contributed by atoms with Gasteiger partial charge >= 0.3 is 0 Å². The molecule has 6 heteroatoms. The highest BCUT2D eigenvalue weighted by atomic mass is 16.6. The van der Waals surface area contributed by atoms with Crippen LogP contribution in [0.2, 0.25) is 0 Å². The Kier molecular flexibility index (Phi) is 3.04. The Balaban J connectivity index is 2.00. The van der Waals surface area contributed by atoms with E-state index < -0.39 is 4.92 Å². The highest BCUT2D eigenvalue weighted by molar-refractivity contribution is 5.48. The SMILES string of the molecule is Cc1[nH]cnc1CNc1ccc([N+](=O)[O-])cc1. The summed E-state index contributed by atoms with van der Waals surface area (Å²) in [7, 11) is 0.